The van der Waals surface area contributed by atoms with Gasteiger partial charge >= 0.3 is 0 Å². The van der Waals surface area contributed by atoms with Gasteiger partial charge in [-0.05, 0) is 18.4 Å². The number of rotatable bonds is 3. The van der Waals surface area contributed by atoms with Gasteiger partial charge in [0.1, 0.15) is 0 Å². The fourth-order valence-corrected chi connectivity index (χ4v) is 1.20. The largest absolute Gasteiger partial charge is 0.269 e. The summed E-state index contributed by atoms with van der Waals surface area (Å²) in [5.41, 5.74) is 0. The van der Waals surface area contributed by atoms with Crippen LogP contribution in [0.3, 0.4) is 0 Å². The van der Waals surface area contributed by atoms with E-state index >= 15 is 0 Å². The van der Waals surface area contributed by atoms with Crippen molar-refractivity contribution in [3.8, 4) is 0 Å². The fraction of sp³-hybridized carbons (Fsp3) is 0.444. The minimum absolute atomic E-state index is 0.352. The number of hydrogen-bond donors (Lipinski definition) is 0. The third-order valence-corrected chi connectivity index (χ3v) is 1.72. The summed E-state index contributed by atoms with van der Waals surface area (Å²) in [6.07, 6.45) is 5.93. The Morgan fingerprint density at radius 3 is 2.64 bits per heavy atom. The predicted octanol–water partition coefficient (Wildman–Crippen LogP) is 2.26. The summed E-state index contributed by atoms with van der Waals surface area (Å²) in [5.74, 6) is 1.36. The van der Waals surface area contributed by atoms with Gasteiger partial charge in [0, 0.05) is 12.4 Å². The van der Waals surface area contributed by atoms with Crippen molar-refractivity contribution in [2.45, 2.75) is 26.8 Å². The summed E-state index contributed by atoms with van der Waals surface area (Å²) in [4.78, 5) is 0. The zero-order chi connectivity index (χ0) is 8.27. The van der Waals surface area contributed by atoms with Crippen LogP contribution in [-0.4, -0.2) is 9.78 Å². The topological polar surface area (TPSA) is 17.8 Å². The summed E-state index contributed by atoms with van der Waals surface area (Å²) in [6.45, 7) is 6.29. The van der Waals surface area contributed by atoms with E-state index in [0.717, 1.165) is 0 Å². The molecule has 0 spiro atoms. The van der Waals surface area contributed by atoms with Gasteiger partial charge in [-0.15, -0.1) is 0 Å². The highest BCUT2D eigenvalue weighted by atomic mass is 15.3. The molecule has 0 aromatic carbocycles. The Bertz CT molecular complexity index is 189. The van der Waals surface area contributed by atoms with Crippen molar-refractivity contribution in [1.29, 1.82) is 0 Å². The lowest BCUT2D eigenvalue weighted by atomic mass is 10.0. The molecule has 0 aliphatic heterocycles. The van der Waals surface area contributed by atoms with E-state index in [-0.39, 0.29) is 0 Å². The molecule has 0 aliphatic rings. The van der Waals surface area contributed by atoms with Crippen LogP contribution in [0.5, 0.6) is 0 Å². The maximum atomic E-state index is 4.17. The molecule has 0 aliphatic carbocycles. The van der Waals surface area contributed by atoms with E-state index in [1.54, 1.807) is 6.20 Å². The molecule has 1 rings (SSSR count). The van der Waals surface area contributed by atoms with E-state index in [2.05, 4.69) is 32.3 Å². The molecular formula is C9H14N2. The molecule has 0 saturated heterocycles. The van der Waals surface area contributed by atoms with Gasteiger partial charge in [-0.1, -0.05) is 20.8 Å². The Morgan fingerprint density at radius 1 is 1.55 bits per heavy atom. The average molecular weight is 150 g/mol. The van der Waals surface area contributed by atoms with E-state index < -0.39 is 0 Å². The first kappa shape index (κ1) is 8.31. The third-order valence-electron chi connectivity index (χ3n) is 1.72. The quantitative estimate of drug-likeness (QED) is 0.646. The zero-order valence-electron chi connectivity index (χ0n) is 7.28. The summed E-state index contributed by atoms with van der Waals surface area (Å²) in [5, 5.41) is 4.17. The van der Waals surface area contributed by atoms with Gasteiger partial charge < -0.3 is 0 Å². The first-order valence-corrected chi connectivity index (χ1v) is 3.84. The Balaban J connectivity index is 2.71. The van der Waals surface area contributed by atoms with Crippen LogP contribution >= 0.6 is 0 Å². The SMILES string of the molecule is C[CH]C([C](C)C)n1cccn1. The molecule has 1 unspecified atom stereocenters. The molecule has 1 heterocycles. The normalized spacial score (nSPS) is 13.8. The van der Waals surface area contributed by atoms with Gasteiger partial charge in [-0.3, -0.25) is 4.68 Å². The monoisotopic (exact) mass is 150 g/mol. The van der Waals surface area contributed by atoms with Gasteiger partial charge in [0.05, 0.1) is 6.04 Å². The van der Waals surface area contributed by atoms with E-state index in [1.165, 1.54) is 5.92 Å². The molecule has 60 valence electrons. The Labute approximate surface area is 68.2 Å². The van der Waals surface area contributed by atoms with Crippen LogP contribution in [-0.2, 0) is 0 Å². The molecule has 2 heteroatoms. The van der Waals surface area contributed by atoms with Crippen molar-refractivity contribution in [1.82, 2.24) is 9.78 Å². The van der Waals surface area contributed by atoms with Crippen molar-refractivity contribution in [2.75, 3.05) is 0 Å². The summed E-state index contributed by atoms with van der Waals surface area (Å²) in [7, 11) is 0. The molecule has 1 atom stereocenters. The van der Waals surface area contributed by atoms with Gasteiger partial charge in [0.25, 0.3) is 0 Å². The molecule has 11 heavy (non-hydrogen) atoms. The number of aromatic nitrogens is 2. The first-order valence-electron chi connectivity index (χ1n) is 3.84. The molecule has 2 radical (unpaired) electrons. The number of hydrogen-bond acceptors (Lipinski definition) is 1. The molecule has 0 N–H and O–H groups in total. The summed E-state index contributed by atoms with van der Waals surface area (Å²) >= 11 is 0. The van der Waals surface area contributed by atoms with E-state index in [4.69, 9.17) is 0 Å². The first-order chi connectivity index (χ1) is 5.25. The summed E-state index contributed by atoms with van der Waals surface area (Å²) < 4.78 is 1.95. The highest BCUT2D eigenvalue weighted by molar-refractivity contribution is 4.99. The van der Waals surface area contributed by atoms with E-state index in [0.29, 0.717) is 6.04 Å². The van der Waals surface area contributed by atoms with Crippen LogP contribution in [0, 0.1) is 12.3 Å². The average Bonchev–Trinajstić information content (AvgIpc) is 2.40. The van der Waals surface area contributed by atoms with Crippen LogP contribution in [0.2, 0.25) is 0 Å². The van der Waals surface area contributed by atoms with Gasteiger partial charge in [0.2, 0.25) is 0 Å². The molecule has 0 saturated carbocycles. The third kappa shape index (κ3) is 1.82. The Hall–Kier alpha value is -0.790. The van der Waals surface area contributed by atoms with Crippen molar-refractivity contribution < 1.29 is 0 Å². The maximum Gasteiger partial charge on any atom is 0.0604 e. The van der Waals surface area contributed by atoms with Gasteiger partial charge in [-0.25, -0.2) is 0 Å². The van der Waals surface area contributed by atoms with Crippen LogP contribution < -0.4 is 0 Å². The van der Waals surface area contributed by atoms with E-state index in [1.807, 2.05) is 16.9 Å². The lowest BCUT2D eigenvalue weighted by molar-refractivity contribution is 0.524. The Kier molecular flexibility index (Phi) is 2.69. The van der Waals surface area contributed by atoms with Crippen LogP contribution in [0.4, 0.5) is 0 Å². The lowest BCUT2D eigenvalue weighted by Gasteiger charge is -2.18. The molecule has 0 bridgehead atoms. The predicted molar refractivity (Wildman–Crippen MR) is 45.8 cm³/mol. The van der Waals surface area contributed by atoms with Crippen molar-refractivity contribution in [3.05, 3.63) is 30.8 Å². The minimum Gasteiger partial charge on any atom is -0.269 e. The minimum atomic E-state index is 0.352. The smallest absolute Gasteiger partial charge is 0.0604 e. The number of nitrogens with zero attached hydrogens (tertiary/aromatic N) is 2. The van der Waals surface area contributed by atoms with Crippen LogP contribution in [0.15, 0.2) is 18.5 Å². The second kappa shape index (κ2) is 3.56. The molecule has 0 fully saturated rings. The second-order valence-electron chi connectivity index (χ2n) is 2.84. The highest BCUT2D eigenvalue weighted by Gasteiger charge is 2.12. The lowest BCUT2D eigenvalue weighted by Crippen LogP contribution is -2.13. The summed E-state index contributed by atoms with van der Waals surface area (Å²) in [6, 6.07) is 2.30. The van der Waals surface area contributed by atoms with Crippen molar-refractivity contribution in [2.24, 2.45) is 0 Å². The van der Waals surface area contributed by atoms with Crippen molar-refractivity contribution >= 4 is 0 Å². The molecular weight excluding hydrogens is 136 g/mol. The molecule has 2 nitrogen and oxygen atoms in total. The Morgan fingerprint density at radius 2 is 2.27 bits per heavy atom. The second-order valence-corrected chi connectivity index (χ2v) is 2.84. The standard InChI is InChI=1S/C9H14N2/c1-4-9(8(2)3)11-7-5-6-10-11/h4-7,9H,1-3H3. The zero-order valence-corrected chi connectivity index (χ0v) is 7.28. The highest BCUT2D eigenvalue weighted by Crippen LogP contribution is 2.20. The molecule has 1 aromatic heterocycles. The van der Waals surface area contributed by atoms with Crippen molar-refractivity contribution in [3.63, 3.8) is 0 Å². The van der Waals surface area contributed by atoms with Gasteiger partial charge in [0.15, 0.2) is 0 Å². The fourth-order valence-electron chi connectivity index (χ4n) is 1.20. The molecule has 1 aromatic rings. The van der Waals surface area contributed by atoms with Crippen LogP contribution in [0.1, 0.15) is 26.8 Å². The maximum absolute atomic E-state index is 4.17. The van der Waals surface area contributed by atoms with Gasteiger partial charge in [-0.2, -0.15) is 5.10 Å². The molecule has 0 amide bonds. The van der Waals surface area contributed by atoms with E-state index in [9.17, 15) is 0 Å². The van der Waals surface area contributed by atoms with Crippen LogP contribution in [0.25, 0.3) is 0 Å².